The summed E-state index contributed by atoms with van der Waals surface area (Å²) in [4.78, 5) is 12.8. The molecular formula is C22H28FN3O6S2. The second-order valence-corrected chi connectivity index (χ2v) is 12.3. The molecule has 1 atom stereocenters. The number of benzene rings is 2. The van der Waals surface area contributed by atoms with Gasteiger partial charge in [0.15, 0.2) is 0 Å². The highest BCUT2D eigenvalue weighted by atomic mass is 32.2. The van der Waals surface area contributed by atoms with E-state index in [4.69, 9.17) is 4.74 Å². The number of piperidine rings is 1. The number of ether oxygens (including phenoxy) is 1. The van der Waals surface area contributed by atoms with Crippen LogP contribution in [0.4, 0.5) is 10.1 Å². The Morgan fingerprint density at radius 2 is 1.85 bits per heavy atom. The molecule has 0 aromatic heterocycles. The van der Waals surface area contributed by atoms with Crippen molar-refractivity contribution in [3.63, 3.8) is 0 Å². The van der Waals surface area contributed by atoms with Gasteiger partial charge in [-0.15, -0.1) is 0 Å². The fourth-order valence-electron chi connectivity index (χ4n) is 3.71. The molecule has 0 bridgehead atoms. The molecule has 0 unspecified atom stereocenters. The standard InChI is InChI=1S/C22H28FN3O6S2/c1-15-7-9-18(33(28,29)25(2)3)13-19(15)24-22(27)16-6-5-11-26(14-16)34(30,31)21-12-17(23)8-10-20(21)32-4/h7-10,12-13,16H,5-6,11,14H2,1-4H3,(H,24,27)/t16-/m0/s1. The first-order chi connectivity index (χ1) is 15.9. The third kappa shape index (κ3) is 5.24. The van der Waals surface area contributed by atoms with E-state index in [9.17, 15) is 26.0 Å². The van der Waals surface area contributed by atoms with Crippen LogP contribution >= 0.6 is 0 Å². The number of amides is 1. The van der Waals surface area contributed by atoms with E-state index in [1.807, 2.05) is 0 Å². The Kier molecular flexibility index (Phi) is 7.65. The number of hydrogen-bond acceptors (Lipinski definition) is 6. The third-order valence-electron chi connectivity index (χ3n) is 5.74. The molecule has 0 radical (unpaired) electrons. The fraction of sp³-hybridized carbons (Fsp3) is 0.409. The number of carbonyl (C=O) groups is 1. The van der Waals surface area contributed by atoms with Crippen LogP contribution in [0.3, 0.4) is 0 Å². The van der Waals surface area contributed by atoms with Crippen LogP contribution in [0.5, 0.6) is 5.75 Å². The molecule has 0 saturated carbocycles. The molecule has 1 heterocycles. The van der Waals surface area contributed by atoms with Crippen molar-refractivity contribution in [1.82, 2.24) is 8.61 Å². The zero-order valence-corrected chi connectivity index (χ0v) is 21.0. The van der Waals surface area contributed by atoms with Crippen molar-refractivity contribution in [2.45, 2.75) is 29.6 Å². The summed E-state index contributed by atoms with van der Waals surface area (Å²) in [5.74, 6) is -1.79. The van der Waals surface area contributed by atoms with Crippen LogP contribution in [-0.2, 0) is 24.8 Å². The average Bonchev–Trinajstić information content (AvgIpc) is 2.80. The number of aryl methyl sites for hydroxylation is 1. The Hall–Kier alpha value is -2.54. The van der Waals surface area contributed by atoms with Crippen LogP contribution in [0.1, 0.15) is 18.4 Å². The molecule has 34 heavy (non-hydrogen) atoms. The molecule has 12 heteroatoms. The van der Waals surface area contributed by atoms with Gasteiger partial charge in [-0.3, -0.25) is 4.79 Å². The zero-order valence-electron chi connectivity index (χ0n) is 19.4. The monoisotopic (exact) mass is 513 g/mol. The minimum Gasteiger partial charge on any atom is -0.495 e. The fourth-order valence-corrected chi connectivity index (χ4v) is 6.33. The first-order valence-electron chi connectivity index (χ1n) is 10.6. The molecule has 1 amide bonds. The van der Waals surface area contributed by atoms with Gasteiger partial charge in [0.25, 0.3) is 0 Å². The molecule has 1 aliphatic rings. The molecule has 1 saturated heterocycles. The highest BCUT2D eigenvalue weighted by molar-refractivity contribution is 7.89. The molecular weight excluding hydrogens is 485 g/mol. The maximum atomic E-state index is 13.8. The summed E-state index contributed by atoms with van der Waals surface area (Å²) in [6, 6.07) is 7.70. The lowest BCUT2D eigenvalue weighted by atomic mass is 9.98. The van der Waals surface area contributed by atoms with Crippen LogP contribution in [-0.4, -0.2) is 65.6 Å². The van der Waals surface area contributed by atoms with Gasteiger partial charge in [-0.1, -0.05) is 6.07 Å². The molecule has 0 spiro atoms. The largest absolute Gasteiger partial charge is 0.495 e. The predicted molar refractivity (Wildman–Crippen MR) is 125 cm³/mol. The number of halogens is 1. The van der Waals surface area contributed by atoms with Gasteiger partial charge < -0.3 is 10.1 Å². The quantitative estimate of drug-likeness (QED) is 0.609. The van der Waals surface area contributed by atoms with Gasteiger partial charge >= 0.3 is 0 Å². The van der Waals surface area contributed by atoms with Gasteiger partial charge in [0, 0.05) is 32.9 Å². The molecule has 9 nitrogen and oxygen atoms in total. The molecule has 3 rings (SSSR count). The number of anilines is 1. The summed E-state index contributed by atoms with van der Waals surface area (Å²) >= 11 is 0. The van der Waals surface area contributed by atoms with Crippen molar-refractivity contribution in [1.29, 1.82) is 0 Å². The van der Waals surface area contributed by atoms with Crippen molar-refractivity contribution in [2.24, 2.45) is 5.92 Å². The summed E-state index contributed by atoms with van der Waals surface area (Å²) < 4.78 is 72.4. The van der Waals surface area contributed by atoms with Crippen LogP contribution < -0.4 is 10.1 Å². The van der Waals surface area contributed by atoms with E-state index in [1.165, 1.54) is 39.4 Å². The second kappa shape index (κ2) is 9.98. The highest BCUT2D eigenvalue weighted by Gasteiger charge is 2.35. The third-order valence-corrected chi connectivity index (χ3v) is 9.44. The predicted octanol–water partition coefficient (Wildman–Crippen LogP) is 2.43. The molecule has 186 valence electrons. The number of hydrogen-bond donors (Lipinski definition) is 1. The number of methoxy groups -OCH3 is 1. The maximum Gasteiger partial charge on any atom is 0.246 e. The Morgan fingerprint density at radius 3 is 2.50 bits per heavy atom. The average molecular weight is 514 g/mol. The maximum absolute atomic E-state index is 13.8. The Balaban J connectivity index is 1.83. The smallest absolute Gasteiger partial charge is 0.246 e. The van der Waals surface area contributed by atoms with Crippen molar-refractivity contribution in [2.75, 3.05) is 39.6 Å². The van der Waals surface area contributed by atoms with Crippen LogP contribution in [0.2, 0.25) is 0 Å². The van der Waals surface area contributed by atoms with E-state index in [2.05, 4.69) is 5.32 Å². The highest BCUT2D eigenvalue weighted by Crippen LogP contribution is 2.31. The Morgan fingerprint density at radius 1 is 1.15 bits per heavy atom. The number of nitrogens with one attached hydrogen (secondary N) is 1. The Labute approximate surface area is 199 Å². The number of sulfonamides is 2. The van der Waals surface area contributed by atoms with Crippen molar-refractivity contribution in [3.05, 3.63) is 47.8 Å². The topological polar surface area (TPSA) is 113 Å². The molecule has 2 aromatic carbocycles. The van der Waals surface area contributed by atoms with Gasteiger partial charge in [0.2, 0.25) is 26.0 Å². The second-order valence-electron chi connectivity index (χ2n) is 8.25. The first-order valence-corrected chi connectivity index (χ1v) is 13.4. The summed E-state index contributed by atoms with van der Waals surface area (Å²) in [5.41, 5.74) is 0.996. The summed E-state index contributed by atoms with van der Waals surface area (Å²) in [6.45, 7) is 1.82. The van der Waals surface area contributed by atoms with Crippen LogP contribution in [0.15, 0.2) is 46.2 Å². The van der Waals surface area contributed by atoms with E-state index in [1.54, 1.807) is 13.0 Å². The molecule has 1 fully saturated rings. The van der Waals surface area contributed by atoms with E-state index in [0.717, 1.165) is 20.7 Å². The molecule has 1 N–H and O–H groups in total. The van der Waals surface area contributed by atoms with Gasteiger partial charge in [-0.25, -0.2) is 25.5 Å². The van der Waals surface area contributed by atoms with E-state index < -0.39 is 37.7 Å². The van der Waals surface area contributed by atoms with Gasteiger partial charge in [-0.05, 0) is 55.7 Å². The SMILES string of the molecule is COc1ccc(F)cc1S(=O)(=O)N1CCC[C@H](C(=O)Nc2cc(S(=O)(=O)N(C)C)ccc2C)C1. The van der Waals surface area contributed by atoms with E-state index >= 15 is 0 Å². The molecule has 1 aliphatic heterocycles. The lowest BCUT2D eigenvalue weighted by molar-refractivity contribution is -0.120. The summed E-state index contributed by atoms with van der Waals surface area (Å²) in [5, 5.41) is 2.75. The van der Waals surface area contributed by atoms with Gasteiger partial charge in [-0.2, -0.15) is 4.31 Å². The Bertz CT molecular complexity index is 1300. The van der Waals surface area contributed by atoms with Crippen LogP contribution in [0, 0.1) is 18.7 Å². The molecule has 0 aliphatic carbocycles. The number of rotatable bonds is 7. The van der Waals surface area contributed by atoms with Gasteiger partial charge in [0.1, 0.15) is 16.5 Å². The van der Waals surface area contributed by atoms with E-state index in [0.29, 0.717) is 24.1 Å². The van der Waals surface area contributed by atoms with Crippen molar-refractivity contribution < 1.29 is 30.8 Å². The first kappa shape index (κ1) is 26.1. The zero-order chi connectivity index (χ0) is 25.3. The normalized spacial score (nSPS) is 17.5. The summed E-state index contributed by atoms with van der Waals surface area (Å²) in [6.07, 6.45) is 0.885. The minimum absolute atomic E-state index is 0.0162. The minimum atomic E-state index is -4.11. The van der Waals surface area contributed by atoms with Crippen LogP contribution in [0.25, 0.3) is 0 Å². The van der Waals surface area contributed by atoms with Gasteiger partial charge in [0.05, 0.1) is 17.9 Å². The lowest BCUT2D eigenvalue weighted by Crippen LogP contribution is -2.43. The summed E-state index contributed by atoms with van der Waals surface area (Å²) in [7, 11) is -3.67. The van der Waals surface area contributed by atoms with E-state index in [-0.39, 0.29) is 28.6 Å². The number of nitrogens with zero attached hydrogens (tertiary/aromatic N) is 2. The molecule has 2 aromatic rings. The lowest BCUT2D eigenvalue weighted by Gasteiger charge is -2.31. The van der Waals surface area contributed by atoms with Crippen molar-refractivity contribution in [3.8, 4) is 5.75 Å². The van der Waals surface area contributed by atoms with Crippen molar-refractivity contribution >= 4 is 31.6 Å². The number of carbonyl (C=O) groups excluding carboxylic acids is 1.